The van der Waals surface area contributed by atoms with E-state index in [-0.39, 0.29) is 11.0 Å². The summed E-state index contributed by atoms with van der Waals surface area (Å²) in [5.41, 5.74) is 2.85. The van der Waals surface area contributed by atoms with Crippen molar-refractivity contribution in [2.75, 3.05) is 5.32 Å². The second-order valence-electron chi connectivity index (χ2n) is 6.06. The molecule has 0 aliphatic carbocycles. The Balaban J connectivity index is 1.96. The maximum absolute atomic E-state index is 12.7. The number of nitrogens with one attached hydrogen (secondary N) is 1. The van der Waals surface area contributed by atoms with Gasteiger partial charge in [0.25, 0.3) is 0 Å². The van der Waals surface area contributed by atoms with E-state index < -0.39 is 11.7 Å². The molecule has 0 bridgehead atoms. The molecule has 2 aromatic carbocycles. The molecule has 3 rings (SSSR count). The van der Waals surface area contributed by atoms with Crippen LogP contribution in [-0.4, -0.2) is 9.97 Å². The van der Waals surface area contributed by atoms with E-state index in [2.05, 4.69) is 22.2 Å². The van der Waals surface area contributed by atoms with E-state index in [9.17, 15) is 13.2 Å². The molecule has 1 heterocycles. The van der Waals surface area contributed by atoms with Gasteiger partial charge in [-0.3, -0.25) is 0 Å². The number of para-hydroxylation sites is 1. The molecule has 0 amide bonds. The quantitative estimate of drug-likeness (QED) is 0.521. The van der Waals surface area contributed by atoms with Crippen molar-refractivity contribution in [3.63, 3.8) is 0 Å². The van der Waals surface area contributed by atoms with Gasteiger partial charge in [-0.05, 0) is 36.6 Å². The molecule has 7 heteroatoms. The normalized spacial score (nSPS) is 11.5. The Hall–Kier alpha value is -2.60. The molecular formula is C20H17ClF3N3. The van der Waals surface area contributed by atoms with E-state index in [1.54, 1.807) is 6.07 Å². The molecule has 0 unspecified atom stereocenters. The van der Waals surface area contributed by atoms with E-state index >= 15 is 0 Å². The predicted octanol–water partition coefficient (Wildman–Crippen LogP) is 6.43. The van der Waals surface area contributed by atoms with Crippen molar-refractivity contribution in [1.82, 2.24) is 9.97 Å². The van der Waals surface area contributed by atoms with Crippen LogP contribution in [0.1, 0.15) is 23.6 Å². The van der Waals surface area contributed by atoms with Gasteiger partial charge in [-0.15, -0.1) is 0 Å². The highest BCUT2D eigenvalue weighted by Gasteiger charge is 2.30. The first kappa shape index (κ1) is 19.2. The molecule has 0 aliphatic rings. The van der Waals surface area contributed by atoms with Crippen molar-refractivity contribution in [3.05, 3.63) is 70.4 Å². The standard InChI is InChI=1S/C20H17ClF3N3/c1-3-13-6-4-5-12(2)18(13)26-17-11-16(21)25-19(27-17)14-7-9-15(10-8-14)20(22,23)24/h4-11H,3H2,1-2H3,(H,25,26,27). The molecule has 3 aromatic rings. The number of aromatic nitrogens is 2. The van der Waals surface area contributed by atoms with Crippen LogP contribution in [0, 0.1) is 6.92 Å². The lowest BCUT2D eigenvalue weighted by atomic mass is 10.1. The first-order valence-corrected chi connectivity index (χ1v) is 8.73. The van der Waals surface area contributed by atoms with E-state index in [1.807, 2.05) is 25.1 Å². The third kappa shape index (κ3) is 4.39. The van der Waals surface area contributed by atoms with Crippen molar-refractivity contribution in [3.8, 4) is 11.4 Å². The maximum atomic E-state index is 12.7. The highest BCUT2D eigenvalue weighted by molar-refractivity contribution is 6.29. The number of benzene rings is 2. The maximum Gasteiger partial charge on any atom is 0.416 e. The van der Waals surface area contributed by atoms with Crippen LogP contribution in [0.25, 0.3) is 11.4 Å². The monoisotopic (exact) mass is 391 g/mol. The minimum Gasteiger partial charge on any atom is -0.340 e. The molecule has 0 atom stereocenters. The second kappa shape index (κ2) is 7.56. The first-order chi connectivity index (χ1) is 12.8. The molecule has 0 aliphatic heterocycles. The van der Waals surface area contributed by atoms with Crippen LogP contribution in [0.2, 0.25) is 5.15 Å². The number of alkyl halides is 3. The van der Waals surface area contributed by atoms with Crippen LogP contribution < -0.4 is 5.32 Å². The summed E-state index contributed by atoms with van der Waals surface area (Å²) >= 11 is 6.11. The second-order valence-corrected chi connectivity index (χ2v) is 6.45. The minimum atomic E-state index is -4.39. The minimum absolute atomic E-state index is 0.203. The van der Waals surface area contributed by atoms with Gasteiger partial charge in [-0.2, -0.15) is 13.2 Å². The summed E-state index contributed by atoms with van der Waals surface area (Å²) in [4.78, 5) is 8.56. The van der Waals surface area contributed by atoms with E-state index in [0.29, 0.717) is 11.4 Å². The van der Waals surface area contributed by atoms with Crippen molar-refractivity contribution >= 4 is 23.1 Å². The molecule has 0 fully saturated rings. The van der Waals surface area contributed by atoms with Gasteiger partial charge in [-0.25, -0.2) is 9.97 Å². The molecule has 1 N–H and O–H groups in total. The Labute approximate surface area is 160 Å². The Morgan fingerprint density at radius 1 is 1.04 bits per heavy atom. The Kier molecular flexibility index (Phi) is 5.37. The number of aryl methyl sites for hydroxylation is 2. The number of anilines is 2. The largest absolute Gasteiger partial charge is 0.416 e. The molecule has 1 aromatic heterocycles. The summed E-state index contributed by atoms with van der Waals surface area (Å²) in [5, 5.41) is 3.47. The van der Waals surface area contributed by atoms with Gasteiger partial charge in [0.2, 0.25) is 0 Å². The zero-order valence-electron chi connectivity index (χ0n) is 14.7. The third-order valence-corrected chi connectivity index (χ3v) is 4.35. The SMILES string of the molecule is CCc1cccc(C)c1Nc1cc(Cl)nc(-c2ccc(C(F)(F)F)cc2)n1. The molecule has 0 saturated heterocycles. The van der Waals surface area contributed by atoms with Crippen molar-refractivity contribution < 1.29 is 13.2 Å². The van der Waals surface area contributed by atoms with Gasteiger partial charge in [0.1, 0.15) is 11.0 Å². The van der Waals surface area contributed by atoms with Crippen LogP contribution >= 0.6 is 11.6 Å². The summed E-state index contributed by atoms with van der Waals surface area (Å²) in [6.45, 7) is 4.04. The van der Waals surface area contributed by atoms with E-state index in [4.69, 9.17) is 11.6 Å². The van der Waals surface area contributed by atoms with Gasteiger partial charge in [0.15, 0.2) is 5.82 Å². The zero-order chi connectivity index (χ0) is 19.6. The summed E-state index contributed by atoms with van der Waals surface area (Å²) in [6, 6.07) is 12.3. The number of hydrogen-bond donors (Lipinski definition) is 1. The smallest absolute Gasteiger partial charge is 0.340 e. The van der Waals surface area contributed by atoms with Gasteiger partial charge < -0.3 is 5.32 Å². The lowest BCUT2D eigenvalue weighted by molar-refractivity contribution is -0.137. The topological polar surface area (TPSA) is 37.8 Å². The van der Waals surface area contributed by atoms with E-state index in [1.165, 1.54) is 12.1 Å². The Bertz CT molecular complexity index is 954. The van der Waals surface area contributed by atoms with Crippen LogP contribution in [0.4, 0.5) is 24.7 Å². The van der Waals surface area contributed by atoms with Crippen LogP contribution in [0.3, 0.4) is 0 Å². The average Bonchev–Trinajstić information content (AvgIpc) is 2.62. The summed E-state index contributed by atoms with van der Waals surface area (Å²) in [7, 11) is 0. The fourth-order valence-corrected chi connectivity index (χ4v) is 2.93. The highest BCUT2D eigenvalue weighted by atomic mass is 35.5. The first-order valence-electron chi connectivity index (χ1n) is 8.35. The summed E-state index contributed by atoms with van der Waals surface area (Å²) < 4.78 is 38.2. The van der Waals surface area contributed by atoms with E-state index in [0.717, 1.165) is 35.4 Å². The lowest BCUT2D eigenvalue weighted by Crippen LogP contribution is -2.04. The molecule has 0 saturated carbocycles. The zero-order valence-corrected chi connectivity index (χ0v) is 15.5. The fourth-order valence-electron chi connectivity index (χ4n) is 2.75. The molecule has 27 heavy (non-hydrogen) atoms. The van der Waals surface area contributed by atoms with Gasteiger partial charge in [0, 0.05) is 17.3 Å². The van der Waals surface area contributed by atoms with Crippen molar-refractivity contribution in [1.29, 1.82) is 0 Å². The van der Waals surface area contributed by atoms with Crippen molar-refractivity contribution in [2.24, 2.45) is 0 Å². The molecule has 140 valence electrons. The van der Waals surface area contributed by atoms with Crippen LogP contribution in [0.5, 0.6) is 0 Å². The lowest BCUT2D eigenvalue weighted by Gasteiger charge is -2.14. The summed E-state index contributed by atoms with van der Waals surface area (Å²) in [5.74, 6) is 0.735. The van der Waals surface area contributed by atoms with Gasteiger partial charge in [0.05, 0.1) is 5.56 Å². The van der Waals surface area contributed by atoms with Crippen LogP contribution in [0.15, 0.2) is 48.5 Å². The predicted molar refractivity (Wildman–Crippen MR) is 101 cm³/mol. The average molecular weight is 392 g/mol. The van der Waals surface area contributed by atoms with Crippen LogP contribution in [-0.2, 0) is 12.6 Å². The van der Waals surface area contributed by atoms with Gasteiger partial charge in [-0.1, -0.05) is 48.9 Å². The Morgan fingerprint density at radius 2 is 1.74 bits per heavy atom. The third-order valence-electron chi connectivity index (χ3n) is 4.16. The fraction of sp³-hybridized carbons (Fsp3) is 0.200. The van der Waals surface area contributed by atoms with Crippen molar-refractivity contribution in [2.45, 2.75) is 26.4 Å². The number of hydrogen-bond acceptors (Lipinski definition) is 3. The molecule has 0 radical (unpaired) electrons. The molecule has 3 nitrogen and oxygen atoms in total. The molecular weight excluding hydrogens is 375 g/mol. The number of halogens is 4. The Morgan fingerprint density at radius 3 is 2.37 bits per heavy atom. The molecule has 0 spiro atoms. The van der Waals surface area contributed by atoms with Gasteiger partial charge >= 0.3 is 6.18 Å². The highest BCUT2D eigenvalue weighted by Crippen LogP contribution is 2.31. The number of nitrogens with zero attached hydrogens (tertiary/aromatic N) is 2. The summed E-state index contributed by atoms with van der Waals surface area (Å²) in [6.07, 6.45) is -3.55. The number of rotatable bonds is 4.